The van der Waals surface area contributed by atoms with E-state index in [9.17, 15) is 14.0 Å². The van der Waals surface area contributed by atoms with Crippen molar-refractivity contribution in [3.05, 3.63) is 87.6 Å². The summed E-state index contributed by atoms with van der Waals surface area (Å²) in [5.41, 5.74) is 1.84. The van der Waals surface area contributed by atoms with Gasteiger partial charge in [0.1, 0.15) is 11.6 Å². The van der Waals surface area contributed by atoms with E-state index in [1.807, 2.05) is 23.9 Å². The Labute approximate surface area is 182 Å². The minimum atomic E-state index is -0.582. The summed E-state index contributed by atoms with van der Waals surface area (Å²) in [4.78, 5) is 30.8. The third-order valence-electron chi connectivity index (χ3n) is 5.90. The lowest BCUT2D eigenvalue weighted by Crippen LogP contribution is -2.30. The highest BCUT2D eigenvalue weighted by Gasteiger charge is 2.37. The topological polar surface area (TPSA) is 95.9 Å². The number of imidazole rings is 1. The molecule has 3 heterocycles. The molecule has 32 heavy (non-hydrogen) atoms. The first-order valence-corrected chi connectivity index (χ1v) is 10.1. The molecule has 2 aromatic carbocycles. The number of aromatic nitrogens is 4. The second kappa shape index (κ2) is 7.30. The molecule has 0 spiro atoms. The molecule has 1 aliphatic rings. The van der Waals surface area contributed by atoms with E-state index in [-0.39, 0.29) is 11.1 Å². The summed E-state index contributed by atoms with van der Waals surface area (Å²) in [6.07, 6.45) is 3.53. The largest absolute Gasteiger partial charge is 0.377 e. The number of hydrogen-bond donors (Lipinski definition) is 2. The van der Waals surface area contributed by atoms with Crippen molar-refractivity contribution >= 4 is 22.4 Å². The van der Waals surface area contributed by atoms with Gasteiger partial charge in [0.05, 0.1) is 28.6 Å². The number of amides is 1. The number of hydrogen-bond acceptors (Lipinski definition) is 5. The number of nitrogens with one attached hydrogen (secondary N) is 2. The van der Waals surface area contributed by atoms with Gasteiger partial charge in [-0.15, -0.1) is 0 Å². The molecule has 2 N–H and O–H groups in total. The van der Waals surface area contributed by atoms with Crippen LogP contribution in [0.1, 0.15) is 39.4 Å². The van der Waals surface area contributed by atoms with Crippen molar-refractivity contribution in [2.75, 3.05) is 19.4 Å². The molecule has 162 valence electrons. The zero-order valence-corrected chi connectivity index (χ0v) is 17.8. The van der Waals surface area contributed by atoms with Crippen LogP contribution in [-0.2, 0) is 7.05 Å². The summed E-state index contributed by atoms with van der Waals surface area (Å²) in [7, 11) is 5.05. The fraction of sp³-hybridized carbons (Fsp3) is 0.217. The summed E-state index contributed by atoms with van der Waals surface area (Å²) in [5.74, 6) is -0.667. The Morgan fingerprint density at radius 3 is 2.75 bits per heavy atom. The smallest absolute Gasteiger partial charge is 0.272 e. The molecule has 0 aliphatic carbocycles. The van der Waals surface area contributed by atoms with Gasteiger partial charge in [-0.05, 0) is 29.8 Å². The molecule has 8 nitrogen and oxygen atoms in total. The number of benzene rings is 2. The first-order valence-electron chi connectivity index (χ1n) is 10.1. The van der Waals surface area contributed by atoms with Crippen LogP contribution in [0.2, 0.25) is 0 Å². The van der Waals surface area contributed by atoms with Crippen molar-refractivity contribution in [1.82, 2.24) is 24.6 Å². The van der Waals surface area contributed by atoms with Gasteiger partial charge in [0, 0.05) is 44.6 Å². The number of aryl methyl sites for hydroxylation is 1. The van der Waals surface area contributed by atoms with Crippen molar-refractivity contribution in [2.24, 2.45) is 7.05 Å². The summed E-state index contributed by atoms with van der Waals surface area (Å²) in [5, 5.41) is 11.8. The third-order valence-corrected chi connectivity index (χ3v) is 5.90. The van der Waals surface area contributed by atoms with E-state index >= 15 is 0 Å². The van der Waals surface area contributed by atoms with Crippen molar-refractivity contribution < 1.29 is 9.18 Å². The highest BCUT2D eigenvalue weighted by atomic mass is 19.1. The quantitative estimate of drug-likeness (QED) is 0.519. The maximum absolute atomic E-state index is 14.5. The third kappa shape index (κ3) is 2.96. The van der Waals surface area contributed by atoms with E-state index in [1.165, 1.54) is 11.0 Å². The molecule has 1 aliphatic heterocycles. The number of halogens is 1. The van der Waals surface area contributed by atoms with Gasteiger partial charge in [-0.25, -0.2) is 14.5 Å². The predicted octanol–water partition coefficient (Wildman–Crippen LogP) is 2.80. The van der Waals surface area contributed by atoms with Gasteiger partial charge in [-0.1, -0.05) is 12.1 Å². The zero-order chi connectivity index (χ0) is 22.6. The lowest BCUT2D eigenvalue weighted by Gasteiger charge is -2.34. The van der Waals surface area contributed by atoms with Crippen LogP contribution in [0.15, 0.2) is 53.6 Å². The maximum Gasteiger partial charge on any atom is 0.272 e. The van der Waals surface area contributed by atoms with E-state index in [2.05, 4.69) is 20.5 Å². The normalized spacial score (nSPS) is 17.2. The Hall–Kier alpha value is -4.01. The minimum absolute atomic E-state index is 0.00803. The SMILES string of the molecule is CN(C)C(=O)c1cc(C2Nc3cccc4c(=O)[nH]nc(c34)C2c2nccn2C)ccc1F. The number of aromatic amines is 1. The van der Waals surface area contributed by atoms with Crippen LogP contribution >= 0.6 is 0 Å². The van der Waals surface area contributed by atoms with Crippen molar-refractivity contribution in [2.45, 2.75) is 12.0 Å². The van der Waals surface area contributed by atoms with E-state index < -0.39 is 23.7 Å². The Morgan fingerprint density at radius 1 is 1.22 bits per heavy atom. The Kier molecular flexibility index (Phi) is 4.54. The van der Waals surface area contributed by atoms with Gasteiger partial charge < -0.3 is 14.8 Å². The lowest BCUT2D eigenvalue weighted by atomic mass is 9.83. The number of nitrogens with zero attached hydrogens (tertiary/aromatic N) is 4. The summed E-state index contributed by atoms with van der Waals surface area (Å²) < 4.78 is 16.4. The van der Waals surface area contributed by atoms with Crippen LogP contribution in [0.4, 0.5) is 10.1 Å². The fourth-order valence-electron chi connectivity index (χ4n) is 4.36. The Morgan fingerprint density at radius 2 is 2.03 bits per heavy atom. The molecule has 0 fully saturated rings. The fourth-order valence-corrected chi connectivity index (χ4v) is 4.36. The van der Waals surface area contributed by atoms with Gasteiger partial charge in [0.2, 0.25) is 0 Å². The van der Waals surface area contributed by atoms with Gasteiger partial charge >= 0.3 is 0 Å². The number of H-pyrrole nitrogens is 1. The number of carbonyl (C=O) groups excluding carboxylic acids is 1. The molecule has 4 aromatic rings. The lowest BCUT2D eigenvalue weighted by molar-refractivity contribution is 0.0823. The molecular formula is C23H21FN6O2. The standard InChI is InChI=1S/C23H21FN6O2/c1-29(2)23(32)14-11-12(7-8-15(14)24)19-18(21-25-9-10-30(21)3)20-17-13(22(31)28-27-20)5-4-6-16(17)26-19/h4-11,18-19,26H,1-3H3,(H,28,31). The molecule has 5 rings (SSSR count). The van der Waals surface area contributed by atoms with Gasteiger partial charge in [0.15, 0.2) is 0 Å². The van der Waals surface area contributed by atoms with Crippen LogP contribution in [0.5, 0.6) is 0 Å². The monoisotopic (exact) mass is 432 g/mol. The first kappa shape index (κ1) is 19.9. The number of carbonyl (C=O) groups is 1. The van der Waals surface area contributed by atoms with Crippen molar-refractivity contribution in [3.63, 3.8) is 0 Å². The molecule has 0 saturated carbocycles. The minimum Gasteiger partial charge on any atom is -0.377 e. The van der Waals surface area contributed by atoms with E-state index in [1.54, 1.807) is 44.6 Å². The molecule has 2 atom stereocenters. The van der Waals surface area contributed by atoms with Gasteiger partial charge in [0.25, 0.3) is 11.5 Å². The molecule has 2 unspecified atom stereocenters. The summed E-state index contributed by atoms with van der Waals surface area (Å²) >= 11 is 0. The van der Waals surface area contributed by atoms with Crippen LogP contribution < -0.4 is 10.9 Å². The first-order chi connectivity index (χ1) is 15.4. The molecule has 0 radical (unpaired) electrons. The van der Waals surface area contributed by atoms with Gasteiger partial charge in [-0.3, -0.25) is 9.59 Å². The average molecular weight is 432 g/mol. The van der Waals surface area contributed by atoms with E-state index in [0.717, 1.165) is 16.9 Å². The van der Waals surface area contributed by atoms with Crippen LogP contribution in [0, 0.1) is 5.82 Å². The summed E-state index contributed by atoms with van der Waals surface area (Å²) in [6.45, 7) is 0. The summed E-state index contributed by atoms with van der Waals surface area (Å²) in [6, 6.07) is 9.57. The molecule has 2 aromatic heterocycles. The molecule has 1 amide bonds. The Bertz CT molecular complexity index is 1420. The second-order valence-electron chi connectivity index (χ2n) is 8.10. The molecular weight excluding hydrogens is 411 g/mol. The van der Waals surface area contributed by atoms with Crippen molar-refractivity contribution in [1.29, 1.82) is 0 Å². The van der Waals surface area contributed by atoms with Crippen LogP contribution in [-0.4, -0.2) is 44.7 Å². The molecule has 9 heteroatoms. The average Bonchev–Trinajstić information content (AvgIpc) is 3.21. The predicted molar refractivity (Wildman–Crippen MR) is 118 cm³/mol. The molecule has 0 saturated heterocycles. The van der Waals surface area contributed by atoms with Crippen molar-refractivity contribution in [3.8, 4) is 0 Å². The van der Waals surface area contributed by atoms with E-state index in [4.69, 9.17) is 0 Å². The van der Waals surface area contributed by atoms with Gasteiger partial charge in [-0.2, -0.15) is 5.10 Å². The molecule has 0 bridgehead atoms. The van der Waals surface area contributed by atoms with Crippen LogP contribution in [0.25, 0.3) is 10.8 Å². The number of rotatable bonds is 3. The highest BCUT2D eigenvalue weighted by Crippen LogP contribution is 2.45. The second-order valence-corrected chi connectivity index (χ2v) is 8.10. The van der Waals surface area contributed by atoms with Crippen LogP contribution in [0.3, 0.4) is 0 Å². The zero-order valence-electron chi connectivity index (χ0n) is 17.8. The highest BCUT2D eigenvalue weighted by molar-refractivity contribution is 5.97. The maximum atomic E-state index is 14.5. The Balaban J connectivity index is 1.75. The van der Waals surface area contributed by atoms with E-state index in [0.29, 0.717) is 16.6 Å². The number of anilines is 1.